The molecule has 1 atom stereocenters. The molecule has 5 rings (SSSR count). The van der Waals surface area contributed by atoms with Gasteiger partial charge >= 0.3 is 6.18 Å². The minimum absolute atomic E-state index is 0.0730. The van der Waals surface area contributed by atoms with Crippen LogP contribution in [0.25, 0.3) is 22.1 Å². The van der Waals surface area contributed by atoms with E-state index in [9.17, 15) is 26.4 Å². The molecule has 14 heteroatoms. The molecule has 0 radical (unpaired) electrons. The predicted molar refractivity (Wildman–Crippen MR) is 154 cm³/mol. The Bertz CT molecular complexity index is 1690. The number of nitrogens with zero attached hydrogens (tertiary/aromatic N) is 3. The van der Waals surface area contributed by atoms with E-state index < -0.39 is 40.3 Å². The fourth-order valence-electron chi connectivity index (χ4n) is 4.59. The van der Waals surface area contributed by atoms with Crippen LogP contribution >= 0.6 is 0 Å². The Morgan fingerprint density at radius 3 is 2.51 bits per heavy atom. The molecule has 0 aliphatic carbocycles. The van der Waals surface area contributed by atoms with E-state index in [4.69, 9.17) is 8.97 Å². The Morgan fingerprint density at radius 2 is 1.84 bits per heavy atom. The maximum absolute atomic E-state index is 12.4. The Kier molecular flexibility index (Phi) is 9.54. The topological polar surface area (TPSA) is 138 Å². The molecule has 0 spiro atoms. The Morgan fingerprint density at radius 1 is 1.12 bits per heavy atom. The summed E-state index contributed by atoms with van der Waals surface area (Å²) in [7, 11) is -4.09. The lowest BCUT2D eigenvalue weighted by atomic mass is 10.00. The number of pyridine rings is 1. The molecule has 10 nitrogen and oxygen atoms in total. The van der Waals surface area contributed by atoms with Crippen molar-refractivity contribution >= 4 is 26.8 Å². The molecule has 1 amide bonds. The van der Waals surface area contributed by atoms with Crippen LogP contribution in [0.5, 0.6) is 0 Å². The van der Waals surface area contributed by atoms with Crippen molar-refractivity contribution in [2.24, 2.45) is 0 Å². The van der Waals surface area contributed by atoms with Crippen LogP contribution < -0.4 is 10.6 Å². The highest BCUT2D eigenvalue weighted by atomic mass is 32.2. The number of aromatic nitrogens is 2. The van der Waals surface area contributed by atoms with Gasteiger partial charge < -0.3 is 15.1 Å². The maximum atomic E-state index is 12.4. The molecule has 0 bridgehead atoms. The fourth-order valence-corrected chi connectivity index (χ4v) is 5.10. The van der Waals surface area contributed by atoms with Gasteiger partial charge in [-0.1, -0.05) is 30.3 Å². The molecule has 3 N–H and O–H groups in total. The van der Waals surface area contributed by atoms with Gasteiger partial charge in [0.2, 0.25) is 11.8 Å². The second kappa shape index (κ2) is 12.8. The molecule has 2 aromatic carbocycles. The van der Waals surface area contributed by atoms with Crippen molar-refractivity contribution in [2.75, 3.05) is 26.2 Å². The normalized spacial score (nSPS) is 16.4. The zero-order valence-electron chi connectivity index (χ0n) is 23.7. The van der Waals surface area contributed by atoms with Crippen LogP contribution in [0.15, 0.2) is 76.4 Å². The summed E-state index contributed by atoms with van der Waals surface area (Å²) in [6.45, 7) is 5.70. The number of halogens is 3. The van der Waals surface area contributed by atoms with Gasteiger partial charge in [-0.3, -0.25) is 19.2 Å². The van der Waals surface area contributed by atoms with Crippen molar-refractivity contribution in [3.63, 3.8) is 0 Å². The van der Waals surface area contributed by atoms with Gasteiger partial charge in [0.25, 0.3) is 10.1 Å². The zero-order valence-corrected chi connectivity index (χ0v) is 24.5. The summed E-state index contributed by atoms with van der Waals surface area (Å²) in [6.07, 6.45) is 0.622. The van der Waals surface area contributed by atoms with Gasteiger partial charge in [-0.2, -0.15) is 21.6 Å². The number of amides is 1. The molecule has 1 aliphatic heterocycles. The van der Waals surface area contributed by atoms with Crippen molar-refractivity contribution in [1.29, 1.82) is 0 Å². The minimum atomic E-state index is -4.44. The number of benzene rings is 2. The number of carbonyl (C=O) groups excluding carboxylic acids is 1. The van der Waals surface area contributed by atoms with Gasteiger partial charge in [-0.15, -0.1) is 0 Å². The molecule has 1 fully saturated rings. The number of rotatable bonds is 6. The molecular formula is C29H32F3N5O5S. The molecule has 230 valence electrons. The Balaban J connectivity index is 0.000000251. The Labute approximate surface area is 247 Å². The van der Waals surface area contributed by atoms with E-state index in [2.05, 4.69) is 15.3 Å². The van der Waals surface area contributed by atoms with Crippen molar-refractivity contribution in [3.05, 3.63) is 78.6 Å². The van der Waals surface area contributed by atoms with Gasteiger partial charge in [0, 0.05) is 37.6 Å². The van der Waals surface area contributed by atoms with Crippen LogP contribution in [0.2, 0.25) is 0 Å². The van der Waals surface area contributed by atoms with Crippen molar-refractivity contribution in [3.8, 4) is 11.3 Å². The Hall–Kier alpha value is -3.85. The third-order valence-electron chi connectivity index (χ3n) is 6.95. The number of piperazine rings is 1. The van der Waals surface area contributed by atoms with E-state index in [1.807, 2.05) is 55.3 Å². The second-order valence-corrected chi connectivity index (χ2v) is 12.0. The van der Waals surface area contributed by atoms with Crippen molar-refractivity contribution < 1.29 is 35.4 Å². The summed E-state index contributed by atoms with van der Waals surface area (Å²) >= 11 is 0. The van der Waals surface area contributed by atoms with Gasteiger partial charge in [-0.05, 0) is 55.3 Å². The number of fused-ring (bicyclic) bond motifs is 1. The summed E-state index contributed by atoms with van der Waals surface area (Å²) < 4.78 is 73.6. The standard InChI is InChI=1S/C19H24F3N5O2.C10H8O3S/c1-12-6-13(8-23-7-12)15-9-25-17(29-15)18(2,3)27-5-4-24-14(10-27)16(28)26-11-19(20,21)22;11-14(12,13)10-6-5-8-3-1-2-4-9(8)7-10/h6-9,14,24H,4-5,10-11H2,1-3H3,(H,26,28);1-7H,(H,11,12,13). The first-order chi connectivity index (χ1) is 20.1. The smallest absolute Gasteiger partial charge is 0.405 e. The molecule has 43 heavy (non-hydrogen) atoms. The monoisotopic (exact) mass is 619 g/mol. The van der Waals surface area contributed by atoms with E-state index in [1.165, 1.54) is 12.1 Å². The maximum Gasteiger partial charge on any atom is 0.405 e. The molecule has 1 saturated heterocycles. The molecule has 1 aliphatic rings. The fraction of sp³-hybridized carbons (Fsp3) is 0.345. The number of aryl methyl sites for hydroxylation is 1. The van der Waals surface area contributed by atoms with E-state index in [0.717, 1.165) is 21.9 Å². The number of hydrogen-bond acceptors (Lipinski definition) is 8. The molecule has 4 aromatic rings. The molecule has 0 saturated carbocycles. The predicted octanol–water partition coefficient (Wildman–Crippen LogP) is 4.32. The lowest BCUT2D eigenvalue weighted by Gasteiger charge is -2.41. The van der Waals surface area contributed by atoms with Gasteiger partial charge in [0.05, 0.1) is 22.7 Å². The number of nitrogens with one attached hydrogen (secondary N) is 2. The summed E-state index contributed by atoms with van der Waals surface area (Å²) in [6, 6.07) is 13.1. The highest BCUT2D eigenvalue weighted by Crippen LogP contribution is 2.31. The first-order valence-corrected chi connectivity index (χ1v) is 14.7. The number of carbonyl (C=O) groups is 1. The number of oxazole rings is 1. The van der Waals surface area contributed by atoms with Crippen LogP contribution in [-0.4, -0.2) is 72.1 Å². The molecular weight excluding hydrogens is 587 g/mol. The van der Waals surface area contributed by atoms with E-state index in [-0.39, 0.29) is 11.4 Å². The quantitative estimate of drug-likeness (QED) is 0.270. The third kappa shape index (κ3) is 8.38. The largest absolute Gasteiger partial charge is 0.439 e. The average molecular weight is 620 g/mol. The highest BCUT2D eigenvalue weighted by Gasteiger charge is 2.39. The SMILES string of the molecule is Cc1cncc(-c2cnc(C(C)(C)N3CCNC(C(=O)NCC(F)(F)F)C3)o2)c1.O=S(=O)(O)c1ccc2ccccc2c1. The minimum Gasteiger partial charge on any atom is -0.439 e. The first kappa shape index (κ1) is 32.1. The van der Waals surface area contributed by atoms with Gasteiger partial charge in [-0.25, -0.2) is 4.98 Å². The molecule has 3 heterocycles. The third-order valence-corrected chi connectivity index (χ3v) is 7.80. The van der Waals surface area contributed by atoms with Crippen molar-refractivity contribution in [1.82, 2.24) is 25.5 Å². The van der Waals surface area contributed by atoms with E-state index in [0.29, 0.717) is 24.7 Å². The van der Waals surface area contributed by atoms with E-state index >= 15 is 0 Å². The van der Waals surface area contributed by atoms with Gasteiger partial charge in [0.1, 0.15) is 6.54 Å². The van der Waals surface area contributed by atoms with Crippen LogP contribution in [0.3, 0.4) is 0 Å². The number of hydrogen-bond donors (Lipinski definition) is 3. The van der Waals surface area contributed by atoms with Crippen LogP contribution in [0.4, 0.5) is 13.2 Å². The average Bonchev–Trinajstić information content (AvgIpc) is 3.47. The number of alkyl halides is 3. The summed E-state index contributed by atoms with van der Waals surface area (Å²) in [5, 5.41) is 6.64. The lowest BCUT2D eigenvalue weighted by molar-refractivity contribution is -0.140. The first-order valence-electron chi connectivity index (χ1n) is 13.3. The van der Waals surface area contributed by atoms with Crippen LogP contribution in [0, 0.1) is 6.92 Å². The molecule has 1 unspecified atom stereocenters. The van der Waals surface area contributed by atoms with Crippen molar-refractivity contribution in [2.45, 2.75) is 43.4 Å². The highest BCUT2D eigenvalue weighted by molar-refractivity contribution is 7.85. The zero-order chi connectivity index (χ0) is 31.4. The van der Waals surface area contributed by atoms with E-state index in [1.54, 1.807) is 30.7 Å². The summed E-state index contributed by atoms with van der Waals surface area (Å²) in [5.74, 6) is 0.367. The molecule has 2 aromatic heterocycles. The van der Waals surface area contributed by atoms with Gasteiger partial charge in [0.15, 0.2) is 5.76 Å². The summed E-state index contributed by atoms with van der Waals surface area (Å²) in [5.41, 5.74) is 1.15. The lowest BCUT2D eigenvalue weighted by Crippen LogP contribution is -2.61. The van der Waals surface area contributed by atoms with Crippen LogP contribution in [-0.2, 0) is 20.5 Å². The summed E-state index contributed by atoms with van der Waals surface area (Å²) in [4.78, 5) is 22.6. The van der Waals surface area contributed by atoms with Crippen LogP contribution in [0.1, 0.15) is 25.3 Å². The second-order valence-electron chi connectivity index (χ2n) is 10.6.